The molecule has 0 aliphatic rings. The fraction of sp³-hybridized carbons (Fsp3) is 0.154. The van der Waals surface area contributed by atoms with Crippen molar-refractivity contribution in [3.63, 3.8) is 0 Å². The summed E-state index contributed by atoms with van der Waals surface area (Å²) in [6.45, 7) is 0. The fourth-order valence-electron chi connectivity index (χ4n) is 1.84. The molecule has 1 heterocycles. The molecular formula is C13H13Cl2N3O. The zero-order chi connectivity index (χ0) is 13.8. The molecule has 0 spiro atoms. The minimum Gasteiger partial charge on any atom is -0.495 e. The van der Waals surface area contributed by atoms with Gasteiger partial charge < -0.3 is 4.74 Å². The Hall–Kier alpha value is -1.33. The summed E-state index contributed by atoms with van der Waals surface area (Å²) in [5.41, 5.74) is 4.15. The molecule has 0 saturated carbocycles. The number of methoxy groups -OCH3 is 1. The Bertz CT molecular complexity index is 578. The first kappa shape index (κ1) is 14.1. The van der Waals surface area contributed by atoms with Gasteiger partial charge in [0.2, 0.25) is 0 Å². The van der Waals surface area contributed by atoms with Crippen molar-refractivity contribution in [3.05, 3.63) is 57.8 Å². The Morgan fingerprint density at radius 3 is 2.74 bits per heavy atom. The molecule has 1 unspecified atom stereocenters. The van der Waals surface area contributed by atoms with Gasteiger partial charge in [0.05, 0.1) is 13.2 Å². The van der Waals surface area contributed by atoms with Gasteiger partial charge in [-0.2, -0.15) is 0 Å². The van der Waals surface area contributed by atoms with Gasteiger partial charge in [0, 0.05) is 16.2 Å². The first-order valence-corrected chi connectivity index (χ1v) is 6.33. The van der Waals surface area contributed by atoms with Crippen LogP contribution in [0.3, 0.4) is 0 Å². The number of benzene rings is 1. The Balaban J connectivity index is 2.50. The molecule has 0 fully saturated rings. The lowest BCUT2D eigenvalue weighted by Crippen LogP contribution is -2.30. The lowest BCUT2D eigenvalue weighted by molar-refractivity contribution is 0.400. The lowest BCUT2D eigenvalue weighted by Gasteiger charge is -2.19. The van der Waals surface area contributed by atoms with Crippen LogP contribution in [0.15, 0.2) is 36.5 Å². The monoisotopic (exact) mass is 297 g/mol. The number of pyridine rings is 1. The van der Waals surface area contributed by atoms with Crippen molar-refractivity contribution in [2.75, 3.05) is 7.11 Å². The van der Waals surface area contributed by atoms with Crippen LogP contribution in [0.25, 0.3) is 0 Å². The highest BCUT2D eigenvalue weighted by atomic mass is 35.5. The van der Waals surface area contributed by atoms with E-state index >= 15 is 0 Å². The van der Waals surface area contributed by atoms with Gasteiger partial charge in [-0.3, -0.25) is 10.8 Å². The van der Waals surface area contributed by atoms with Crippen LogP contribution in [0.5, 0.6) is 5.75 Å². The summed E-state index contributed by atoms with van der Waals surface area (Å²) in [5, 5.41) is 1.08. The van der Waals surface area contributed by atoms with Gasteiger partial charge in [-0.25, -0.2) is 5.43 Å². The van der Waals surface area contributed by atoms with E-state index < -0.39 is 0 Å². The van der Waals surface area contributed by atoms with Crippen LogP contribution < -0.4 is 16.0 Å². The molecule has 2 rings (SSSR count). The van der Waals surface area contributed by atoms with Crippen LogP contribution in [-0.4, -0.2) is 12.1 Å². The molecule has 0 saturated heterocycles. The summed E-state index contributed by atoms with van der Waals surface area (Å²) in [4.78, 5) is 4.30. The standard InChI is InChI=1S/C13H13Cl2N3O/c1-19-11-3-2-6-17-13(11)12(18-16)9-5-4-8(14)7-10(9)15/h2-7,12,18H,16H2,1H3. The summed E-state index contributed by atoms with van der Waals surface area (Å²) in [6.07, 6.45) is 1.67. The average Bonchev–Trinajstić information content (AvgIpc) is 2.42. The van der Waals surface area contributed by atoms with Gasteiger partial charge in [0.25, 0.3) is 0 Å². The van der Waals surface area contributed by atoms with Crippen LogP contribution in [0.1, 0.15) is 17.3 Å². The van der Waals surface area contributed by atoms with E-state index in [2.05, 4.69) is 10.4 Å². The molecule has 0 aliphatic carbocycles. The first-order valence-electron chi connectivity index (χ1n) is 5.57. The van der Waals surface area contributed by atoms with E-state index in [0.717, 1.165) is 5.56 Å². The van der Waals surface area contributed by atoms with E-state index in [1.54, 1.807) is 31.5 Å². The molecule has 0 amide bonds. The van der Waals surface area contributed by atoms with E-state index in [9.17, 15) is 0 Å². The molecule has 3 N–H and O–H groups in total. The van der Waals surface area contributed by atoms with Crippen molar-refractivity contribution in [1.29, 1.82) is 0 Å². The van der Waals surface area contributed by atoms with Crippen LogP contribution >= 0.6 is 23.2 Å². The number of ether oxygens (including phenoxy) is 1. The zero-order valence-corrected chi connectivity index (χ0v) is 11.7. The van der Waals surface area contributed by atoms with Crippen molar-refractivity contribution in [2.24, 2.45) is 5.84 Å². The molecule has 1 aromatic heterocycles. The third-order valence-electron chi connectivity index (χ3n) is 2.73. The second-order valence-corrected chi connectivity index (χ2v) is 4.70. The third kappa shape index (κ3) is 2.98. The SMILES string of the molecule is COc1cccnc1C(NN)c1ccc(Cl)cc1Cl. The van der Waals surface area contributed by atoms with Gasteiger partial charge in [-0.15, -0.1) is 0 Å². The summed E-state index contributed by atoms with van der Waals surface area (Å²) in [7, 11) is 1.58. The highest BCUT2D eigenvalue weighted by Crippen LogP contribution is 2.32. The Kier molecular flexibility index (Phi) is 4.61. The van der Waals surface area contributed by atoms with E-state index in [-0.39, 0.29) is 6.04 Å². The summed E-state index contributed by atoms with van der Waals surface area (Å²) in [5.74, 6) is 6.27. The molecular weight excluding hydrogens is 285 g/mol. The zero-order valence-electron chi connectivity index (χ0n) is 10.2. The number of hydrazine groups is 1. The van der Waals surface area contributed by atoms with Gasteiger partial charge in [-0.1, -0.05) is 29.3 Å². The number of hydrogen-bond acceptors (Lipinski definition) is 4. The third-order valence-corrected chi connectivity index (χ3v) is 3.30. The maximum atomic E-state index is 6.20. The molecule has 4 nitrogen and oxygen atoms in total. The predicted octanol–water partition coefficient (Wildman–Crippen LogP) is 2.95. The van der Waals surface area contributed by atoms with Crippen molar-refractivity contribution >= 4 is 23.2 Å². The summed E-state index contributed by atoms with van der Waals surface area (Å²) in [6, 6.07) is 8.46. The average molecular weight is 298 g/mol. The maximum absolute atomic E-state index is 6.20. The molecule has 0 aliphatic heterocycles. The minimum atomic E-state index is -0.374. The summed E-state index contributed by atoms with van der Waals surface area (Å²) >= 11 is 12.1. The quantitative estimate of drug-likeness (QED) is 0.673. The van der Waals surface area contributed by atoms with Gasteiger partial charge in [0.1, 0.15) is 11.4 Å². The number of hydrogen-bond donors (Lipinski definition) is 2. The fourth-order valence-corrected chi connectivity index (χ4v) is 2.36. The molecule has 0 bridgehead atoms. The number of aromatic nitrogens is 1. The van der Waals surface area contributed by atoms with E-state index in [0.29, 0.717) is 21.5 Å². The Labute approximate surface area is 121 Å². The molecule has 19 heavy (non-hydrogen) atoms. The molecule has 0 radical (unpaired) electrons. The second kappa shape index (κ2) is 6.21. The van der Waals surface area contributed by atoms with Crippen LogP contribution in [-0.2, 0) is 0 Å². The number of nitrogens with zero attached hydrogens (tertiary/aromatic N) is 1. The molecule has 100 valence electrons. The lowest BCUT2D eigenvalue weighted by atomic mass is 10.0. The topological polar surface area (TPSA) is 60.2 Å². The van der Waals surface area contributed by atoms with Crippen LogP contribution in [0.2, 0.25) is 10.0 Å². The van der Waals surface area contributed by atoms with Crippen molar-refractivity contribution in [3.8, 4) is 5.75 Å². The van der Waals surface area contributed by atoms with Gasteiger partial charge in [-0.05, 0) is 29.8 Å². The van der Waals surface area contributed by atoms with Crippen molar-refractivity contribution in [1.82, 2.24) is 10.4 Å². The highest BCUT2D eigenvalue weighted by molar-refractivity contribution is 6.35. The molecule has 6 heteroatoms. The largest absolute Gasteiger partial charge is 0.495 e. The highest BCUT2D eigenvalue weighted by Gasteiger charge is 2.20. The van der Waals surface area contributed by atoms with E-state index in [1.165, 1.54) is 0 Å². The van der Waals surface area contributed by atoms with E-state index in [4.69, 9.17) is 33.8 Å². The Morgan fingerprint density at radius 2 is 2.11 bits per heavy atom. The number of nitrogens with two attached hydrogens (primary N) is 1. The van der Waals surface area contributed by atoms with E-state index in [1.807, 2.05) is 12.1 Å². The van der Waals surface area contributed by atoms with Gasteiger partial charge >= 0.3 is 0 Å². The minimum absolute atomic E-state index is 0.374. The number of nitrogens with one attached hydrogen (secondary N) is 1. The van der Waals surface area contributed by atoms with Crippen molar-refractivity contribution < 1.29 is 4.74 Å². The normalized spacial score (nSPS) is 12.2. The number of rotatable bonds is 4. The molecule has 2 aromatic rings. The van der Waals surface area contributed by atoms with Crippen LogP contribution in [0.4, 0.5) is 0 Å². The smallest absolute Gasteiger partial charge is 0.142 e. The first-order chi connectivity index (χ1) is 9.17. The Morgan fingerprint density at radius 1 is 1.32 bits per heavy atom. The molecule has 1 atom stereocenters. The van der Waals surface area contributed by atoms with Crippen LogP contribution in [0, 0.1) is 0 Å². The molecule has 1 aromatic carbocycles. The summed E-state index contributed by atoms with van der Waals surface area (Å²) < 4.78 is 5.29. The predicted molar refractivity (Wildman–Crippen MR) is 76.4 cm³/mol. The number of halogens is 2. The maximum Gasteiger partial charge on any atom is 0.142 e. The second-order valence-electron chi connectivity index (χ2n) is 3.86. The van der Waals surface area contributed by atoms with Crippen molar-refractivity contribution in [2.45, 2.75) is 6.04 Å². The van der Waals surface area contributed by atoms with Gasteiger partial charge in [0.15, 0.2) is 0 Å².